The molecular weight excluding hydrogens is 270 g/mol. The van der Waals surface area contributed by atoms with Crippen molar-refractivity contribution >= 4 is 12.3 Å². The van der Waals surface area contributed by atoms with Crippen molar-refractivity contribution in [1.82, 2.24) is 9.88 Å². The van der Waals surface area contributed by atoms with Crippen molar-refractivity contribution in [3.63, 3.8) is 0 Å². The van der Waals surface area contributed by atoms with Crippen molar-refractivity contribution in [2.45, 2.75) is 52.4 Å². The van der Waals surface area contributed by atoms with Crippen LogP contribution in [0.2, 0.25) is 0 Å². The fraction of sp³-hybridized carbons (Fsp3) is 0.667. The molecule has 2 N–H and O–H groups in total. The summed E-state index contributed by atoms with van der Waals surface area (Å²) >= 11 is 0. The quantitative estimate of drug-likeness (QED) is 0.771. The average molecular weight is 295 g/mol. The summed E-state index contributed by atoms with van der Waals surface area (Å²) in [5.74, 6) is 1.15. The molecular formula is C15H25N3O3. The van der Waals surface area contributed by atoms with Gasteiger partial charge in [-0.15, -0.1) is 0 Å². The molecule has 1 rings (SSSR count). The maximum absolute atomic E-state index is 12.0. The van der Waals surface area contributed by atoms with Gasteiger partial charge >= 0.3 is 0 Å². The van der Waals surface area contributed by atoms with Crippen LogP contribution in [0, 0.1) is 6.92 Å². The van der Waals surface area contributed by atoms with Gasteiger partial charge in [0.15, 0.2) is 5.89 Å². The zero-order valence-electron chi connectivity index (χ0n) is 13.3. The van der Waals surface area contributed by atoms with Gasteiger partial charge in [-0.3, -0.25) is 14.5 Å². The topological polar surface area (TPSA) is 89.4 Å². The van der Waals surface area contributed by atoms with Gasteiger partial charge in [-0.1, -0.05) is 20.8 Å². The van der Waals surface area contributed by atoms with Gasteiger partial charge in [0.1, 0.15) is 5.76 Å². The van der Waals surface area contributed by atoms with Gasteiger partial charge in [0.25, 0.3) is 0 Å². The van der Waals surface area contributed by atoms with Crippen molar-refractivity contribution in [2.24, 2.45) is 5.73 Å². The molecule has 0 aliphatic carbocycles. The van der Waals surface area contributed by atoms with E-state index in [2.05, 4.69) is 4.98 Å². The molecule has 0 radical (unpaired) electrons. The molecule has 0 saturated carbocycles. The number of aryl methyl sites for hydroxylation is 2. The summed E-state index contributed by atoms with van der Waals surface area (Å²) in [6, 6.07) is 0. The zero-order chi connectivity index (χ0) is 16.0. The van der Waals surface area contributed by atoms with Gasteiger partial charge < -0.3 is 10.2 Å². The van der Waals surface area contributed by atoms with Gasteiger partial charge in [0.05, 0.1) is 5.69 Å². The van der Waals surface area contributed by atoms with Crippen LogP contribution in [0.3, 0.4) is 0 Å². The minimum absolute atomic E-state index is 0.164. The van der Waals surface area contributed by atoms with Crippen LogP contribution in [0.4, 0.5) is 0 Å². The number of hydrogen-bond donors (Lipinski definition) is 1. The SMILES string of the molecule is Cc1nc(C(C)(C)C)oc1CCC(=O)N(C=O)CCCN. The number of nitrogens with zero attached hydrogens (tertiary/aromatic N) is 2. The molecule has 1 heterocycles. The number of amides is 2. The smallest absolute Gasteiger partial charge is 0.229 e. The number of carbonyl (C=O) groups excluding carboxylic acids is 2. The number of nitrogens with two attached hydrogens (primary N) is 1. The van der Waals surface area contributed by atoms with E-state index in [0.717, 1.165) is 5.69 Å². The lowest BCUT2D eigenvalue weighted by atomic mass is 9.97. The highest BCUT2D eigenvalue weighted by molar-refractivity contribution is 5.86. The van der Waals surface area contributed by atoms with E-state index in [9.17, 15) is 9.59 Å². The van der Waals surface area contributed by atoms with Crippen LogP contribution >= 0.6 is 0 Å². The Labute approximate surface area is 125 Å². The Morgan fingerprint density at radius 2 is 2.10 bits per heavy atom. The highest BCUT2D eigenvalue weighted by Gasteiger charge is 2.23. The maximum atomic E-state index is 12.0. The van der Waals surface area contributed by atoms with E-state index < -0.39 is 0 Å². The second-order valence-electron chi connectivity index (χ2n) is 6.11. The molecule has 0 unspecified atom stereocenters. The number of aromatic nitrogens is 1. The van der Waals surface area contributed by atoms with Crippen LogP contribution in [0.25, 0.3) is 0 Å². The highest BCUT2D eigenvalue weighted by atomic mass is 16.4. The Morgan fingerprint density at radius 1 is 1.43 bits per heavy atom. The van der Waals surface area contributed by atoms with E-state index in [4.69, 9.17) is 10.2 Å². The standard InChI is InChI=1S/C15H25N3O3/c1-11-12(21-14(17-11)15(2,3)4)6-7-13(20)18(10-19)9-5-8-16/h10H,5-9,16H2,1-4H3. The molecule has 0 spiro atoms. The molecule has 21 heavy (non-hydrogen) atoms. The Morgan fingerprint density at radius 3 is 2.57 bits per heavy atom. The molecule has 0 aromatic carbocycles. The Kier molecular flexibility index (Phi) is 6.08. The lowest BCUT2D eigenvalue weighted by molar-refractivity contribution is -0.138. The Bertz CT molecular complexity index is 489. The number of oxazole rings is 1. The molecule has 0 saturated heterocycles. The molecule has 0 aliphatic heterocycles. The highest BCUT2D eigenvalue weighted by Crippen LogP contribution is 2.24. The lowest BCUT2D eigenvalue weighted by Gasteiger charge is -2.14. The van der Waals surface area contributed by atoms with E-state index in [1.165, 1.54) is 4.90 Å². The Balaban J connectivity index is 2.64. The van der Waals surface area contributed by atoms with Crippen LogP contribution < -0.4 is 5.73 Å². The lowest BCUT2D eigenvalue weighted by Crippen LogP contribution is -2.31. The van der Waals surface area contributed by atoms with E-state index in [1.807, 2.05) is 27.7 Å². The fourth-order valence-electron chi connectivity index (χ4n) is 1.84. The van der Waals surface area contributed by atoms with Crippen LogP contribution in [0.1, 0.15) is 51.0 Å². The number of rotatable bonds is 7. The number of carbonyl (C=O) groups is 2. The van der Waals surface area contributed by atoms with Crippen LogP contribution in [-0.2, 0) is 21.4 Å². The predicted octanol–water partition coefficient (Wildman–Crippen LogP) is 1.55. The van der Waals surface area contributed by atoms with Gasteiger partial charge in [0, 0.05) is 24.8 Å². The van der Waals surface area contributed by atoms with Crippen LogP contribution in [0.15, 0.2) is 4.42 Å². The second kappa shape index (κ2) is 7.36. The summed E-state index contributed by atoms with van der Waals surface area (Å²) in [6.45, 7) is 8.75. The summed E-state index contributed by atoms with van der Waals surface area (Å²) in [5, 5.41) is 0. The predicted molar refractivity (Wildman–Crippen MR) is 79.7 cm³/mol. The normalized spacial score (nSPS) is 11.5. The van der Waals surface area contributed by atoms with Crippen molar-refractivity contribution in [3.8, 4) is 0 Å². The molecule has 0 atom stereocenters. The van der Waals surface area contributed by atoms with E-state index in [0.29, 0.717) is 44.0 Å². The first-order valence-electron chi connectivity index (χ1n) is 7.21. The largest absolute Gasteiger partial charge is 0.445 e. The summed E-state index contributed by atoms with van der Waals surface area (Å²) in [6.07, 6.45) is 1.84. The second-order valence-corrected chi connectivity index (χ2v) is 6.11. The molecule has 1 aromatic heterocycles. The molecule has 118 valence electrons. The molecule has 0 bridgehead atoms. The molecule has 0 aliphatic rings. The monoisotopic (exact) mass is 295 g/mol. The first-order chi connectivity index (χ1) is 9.79. The van der Waals surface area contributed by atoms with Gasteiger partial charge in [-0.2, -0.15) is 0 Å². The summed E-state index contributed by atoms with van der Waals surface area (Å²) in [4.78, 5) is 28.4. The van der Waals surface area contributed by atoms with Crippen molar-refractivity contribution < 1.29 is 14.0 Å². The maximum Gasteiger partial charge on any atom is 0.229 e. The van der Waals surface area contributed by atoms with Gasteiger partial charge in [-0.25, -0.2) is 4.98 Å². The fourth-order valence-corrected chi connectivity index (χ4v) is 1.84. The van der Waals surface area contributed by atoms with Crippen molar-refractivity contribution in [1.29, 1.82) is 0 Å². The molecule has 2 amide bonds. The van der Waals surface area contributed by atoms with E-state index in [-0.39, 0.29) is 17.7 Å². The van der Waals surface area contributed by atoms with Gasteiger partial charge in [0.2, 0.25) is 12.3 Å². The minimum atomic E-state index is -0.216. The summed E-state index contributed by atoms with van der Waals surface area (Å²) < 4.78 is 5.73. The third-order valence-corrected chi connectivity index (χ3v) is 3.15. The molecule has 6 heteroatoms. The van der Waals surface area contributed by atoms with Crippen molar-refractivity contribution in [3.05, 3.63) is 17.3 Å². The van der Waals surface area contributed by atoms with Crippen molar-refractivity contribution in [2.75, 3.05) is 13.1 Å². The third kappa shape index (κ3) is 4.97. The summed E-state index contributed by atoms with van der Waals surface area (Å²) in [7, 11) is 0. The first-order valence-corrected chi connectivity index (χ1v) is 7.21. The van der Waals surface area contributed by atoms with E-state index in [1.54, 1.807) is 0 Å². The van der Waals surface area contributed by atoms with E-state index >= 15 is 0 Å². The number of hydrogen-bond acceptors (Lipinski definition) is 5. The molecule has 6 nitrogen and oxygen atoms in total. The third-order valence-electron chi connectivity index (χ3n) is 3.15. The number of imide groups is 1. The van der Waals surface area contributed by atoms with Gasteiger partial charge in [-0.05, 0) is 19.9 Å². The zero-order valence-corrected chi connectivity index (χ0v) is 13.3. The Hall–Kier alpha value is -1.69. The average Bonchev–Trinajstić information content (AvgIpc) is 2.78. The first kappa shape index (κ1) is 17.4. The molecule has 0 fully saturated rings. The van der Waals surface area contributed by atoms with Crippen LogP contribution in [-0.4, -0.2) is 35.3 Å². The minimum Gasteiger partial charge on any atom is -0.445 e. The molecule has 1 aromatic rings. The van der Waals surface area contributed by atoms with Crippen LogP contribution in [0.5, 0.6) is 0 Å². The summed E-state index contributed by atoms with van der Waals surface area (Å²) in [5.41, 5.74) is 6.02.